The minimum atomic E-state index is -4.77. The van der Waals surface area contributed by atoms with E-state index in [-0.39, 0.29) is 40.7 Å². The van der Waals surface area contributed by atoms with Crippen LogP contribution in [0.1, 0.15) is 69.3 Å². The Labute approximate surface area is 239 Å². The summed E-state index contributed by atoms with van der Waals surface area (Å²) in [4.78, 5) is 17.9. The summed E-state index contributed by atoms with van der Waals surface area (Å²) in [6, 6.07) is 11.0. The molecule has 2 aromatic carbocycles. The Kier molecular flexibility index (Phi) is 7.95. The smallest absolute Gasteiger partial charge is 0.406 e. The number of nitrogens with one attached hydrogen (secondary N) is 2. The molecule has 1 aliphatic carbocycles. The molecule has 0 radical (unpaired) electrons. The number of aromatic nitrogens is 2. The number of amides is 1. The van der Waals surface area contributed by atoms with Gasteiger partial charge in [-0.25, -0.2) is 4.98 Å². The van der Waals surface area contributed by atoms with Crippen molar-refractivity contribution in [2.24, 2.45) is 11.3 Å². The Morgan fingerprint density at radius 1 is 1.10 bits per heavy atom. The Balaban J connectivity index is 1.44. The molecule has 2 fully saturated rings. The number of halogens is 3. The van der Waals surface area contributed by atoms with Crippen molar-refractivity contribution in [1.82, 2.24) is 14.9 Å². The van der Waals surface area contributed by atoms with Crippen LogP contribution in [0.5, 0.6) is 5.75 Å². The molecule has 12 heteroatoms. The molecule has 1 saturated heterocycles. The van der Waals surface area contributed by atoms with Gasteiger partial charge in [0.2, 0.25) is 5.95 Å². The van der Waals surface area contributed by atoms with Crippen molar-refractivity contribution in [1.29, 1.82) is 0 Å². The van der Waals surface area contributed by atoms with Crippen LogP contribution in [0.15, 0.2) is 42.5 Å². The summed E-state index contributed by atoms with van der Waals surface area (Å²) in [5, 5.41) is 6.29. The third-order valence-electron chi connectivity index (χ3n) is 7.95. The van der Waals surface area contributed by atoms with Crippen molar-refractivity contribution in [3.63, 3.8) is 0 Å². The number of alkyl halides is 3. The summed E-state index contributed by atoms with van der Waals surface area (Å²) in [5.41, 5.74) is 2.63. The van der Waals surface area contributed by atoms with E-state index in [0.717, 1.165) is 24.8 Å². The number of anilines is 2. The van der Waals surface area contributed by atoms with Crippen LogP contribution in [0.25, 0.3) is 11.0 Å². The lowest BCUT2D eigenvalue weighted by Crippen LogP contribution is -2.39. The summed E-state index contributed by atoms with van der Waals surface area (Å²) in [7, 11) is -2.53. The first-order valence-corrected chi connectivity index (χ1v) is 15.7. The van der Waals surface area contributed by atoms with Crippen molar-refractivity contribution in [3.8, 4) is 5.75 Å². The van der Waals surface area contributed by atoms with E-state index in [0.29, 0.717) is 41.5 Å². The minimum absolute atomic E-state index is 0.120. The Morgan fingerprint density at radius 2 is 1.78 bits per heavy atom. The van der Waals surface area contributed by atoms with Crippen molar-refractivity contribution in [2.45, 2.75) is 71.3 Å². The molecule has 224 valence electrons. The summed E-state index contributed by atoms with van der Waals surface area (Å²) in [5.74, 6) is 1.07. The minimum Gasteiger partial charge on any atom is -0.406 e. The molecule has 2 heterocycles. The van der Waals surface area contributed by atoms with Crippen molar-refractivity contribution in [2.75, 3.05) is 16.8 Å². The van der Waals surface area contributed by atoms with E-state index in [9.17, 15) is 27.1 Å². The van der Waals surface area contributed by atoms with Crippen LogP contribution >= 0.6 is 10.6 Å². The summed E-state index contributed by atoms with van der Waals surface area (Å²) in [6.07, 6.45) is -0.745. The molecular formula is C29H37F3N4O4S. The molecule has 1 aromatic heterocycles. The number of fused-ring (bicyclic) bond motifs is 1. The van der Waals surface area contributed by atoms with Gasteiger partial charge in [0, 0.05) is 34.8 Å². The molecule has 3 aromatic rings. The molecule has 0 unspecified atom stereocenters. The zero-order chi connectivity index (χ0) is 29.6. The van der Waals surface area contributed by atoms with Gasteiger partial charge >= 0.3 is 6.36 Å². The van der Waals surface area contributed by atoms with Gasteiger partial charge < -0.3 is 19.9 Å². The number of hydrogen-bond acceptors (Lipinski definition) is 6. The van der Waals surface area contributed by atoms with Crippen LogP contribution in [0.2, 0.25) is 0 Å². The van der Waals surface area contributed by atoms with Gasteiger partial charge in [-0.05, 0) is 85.9 Å². The van der Waals surface area contributed by atoms with Gasteiger partial charge in [-0.2, -0.15) is 10.6 Å². The van der Waals surface area contributed by atoms with Crippen molar-refractivity contribution >= 4 is 39.2 Å². The second kappa shape index (κ2) is 11.0. The second-order valence-electron chi connectivity index (χ2n) is 12.2. The normalized spacial score (nSPS) is 23.6. The van der Waals surface area contributed by atoms with Crippen LogP contribution in [0, 0.1) is 11.3 Å². The summed E-state index contributed by atoms with van der Waals surface area (Å²) < 4.78 is 63.7. The molecule has 41 heavy (non-hydrogen) atoms. The quantitative estimate of drug-likeness (QED) is 0.233. The SMILES string of the molecule is C[C@H]1C[C@@H](n2c(Nc3ccc(OC(F)(F)F)cc3)nc3cc(C(=O)NC4CCS(O)(O)CC4)ccc32)CC(C)(C)C1. The topological polar surface area (TPSA) is 109 Å². The van der Waals surface area contributed by atoms with Gasteiger partial charge in [-0.15, -0.1) is 13.2 Å². The maximum absolute atomic E-state index is 13.1. The molecule has 5 rings (SSSR count). The van der Waals surface area contributed by atoms with E-state index >= 15 is 0 Å². The Bertz CT molecular complexity index is 1400. The largest absolute Gasteiger partial charge is 0.573 e. The van der Waals surface area contributed by atoms with Crippen LogP contribution in [0.4, 0.5) is 24.8 Å². The van der Waals surface area contributed by atoms with E-state index in [1.165, 1.54) is 24.3 Å². The van der Waals surface area contributed by atoms with Crippen LogP contribution in [0.3, 0.4) is 0 Å². The highest BCUT2D eigenvalue weighted by atomic mass is 32.3. The molecule has 2 atom stereocenters. The van der Waals surface area contributed by atoms with Crippen molar-refractivity contribution < 1.29 is 31.8 Å². The average Bonchev–Trinajstić information content (AvgIpc) is 3.21. The predicted molar refractivity (Wildman–Crippen MR) is 155 cm³/mol. The number of hydrogen-bond donors (Lipinski definition) is 4. The molecule has 4 N–H and O–H groups in total. The zero-order valence-electron chi connectivity index (χ0n) is 23.4. The third kappa shape index (κ3) is 7.28. The lowest BCUT2D eigenvalue weighted by Gasteiger charge is -2.40. The Hall–Kier alpha value is -2.96. The predicted octanol–water partition coefficient (Wildman–Crippen LogP) is 7.71. The summed E-state index contributed by atoms with van der Waals surface area (Å²) in [6.45, 7) is 6.76. The van der Waals surface area contributed by atoms with Gasteiger partial charge in [0.25, 0.3) is 5.91 Å². The first-order valence-electron chi connectivity index (χ1n) is 13.9. The van der Waals surface area contributed by atoms with Crippen LogP contribution in [-0.4, -0.2) is 48.5 Å². The van der Waals surface area contributed by atoms with Crippen LogP contribution in [-0.2, 0) is 0 Å². The molecule has 0 bridgehead atoms. The number of imidazole rings is 1. The van der Waals surface area contributed by atoms with Gasteiger partial charge in [0.05, 0.1) is 11.0 Å². The number of ether oxygens (including phenoxy) is 1. The number of rotatable bonds is 6. The molecule has 1 amide bonds. The first-order chi connectivity index (χ1) is 19.2. The number of carbonyl (C=O) groups excluding carboxylic acids is 1. The highest BCUT2D eigenvalue weighted by molar-refractivity contribution is 8.24. The van der Waals surface area contributed by atoms with Gasteiger partial charge in [-0.1, -0.05) is 20.8 Å². The van der Waals surface area contributed by atoms with E-state index in [4.69, 9.17) is 4.98 Å². The zero-order valence-corrected chi connectivity index (χ0v) is 24.2. The highest BCUT2D eigenvalue weighted by Crippen LogP contribution is 2.46. The number of nitrogens with zero attached hydrogens (tertiary/aromatic N) is 2. The maximum atomic E-state index is 13.1. The van der Waals surface area contributed by atoms with Gasteiger partial charge in [0.1, 0.15) is 5.75 Å². The fourth-order valence-electron chi connectivity index (χ4n) is 6.38. The maximum Gasteiger partial charge on any atom is 0.573 e. The lowest BCUT2D eigenvalue weighted by atomic mass is 9.70. The van der Waals surface area contributed by atoms with E-state index in [2.05, 4.69) is 40.7 Å². The van der Waals surface area contributed by atoms with E-state index in [1.807, 2.05) is 6.07 Å². The fourth-order valence-corrected chi connectivity index (χ4v) is 7.91. The molecular weight excluding hydrogens is 557 g/mol. The molecule has 8 nitrogen and oxygen atoms in total. The second-order valence-corrected chi connectivity index (χ2v) is 14.7. The third-order valence-corrected chi connectivity index (χ3v) is 9.73. The molecule has 1 saturated carbocycles. The standard InChI is InChI=1S/C29H37F3N4O4S/c1-18-14-22(17-28(2,3)16-18)36-25-9-4-19(26(37)33-21-10-12-41(38,39)13-11-21)15-24(25)35-27(36)34-20-5-7-23(8-6-20)40-29(30,31)32/h4-9,15,18,21-22,38-39H,10-14,16-17H2,1-3H3,(H,33,37)(H,34,35)/t18-,22+/m0/s1. The molecule has 2 aliphatic rings. The fraction of sp³-hybridized carbons (Fsp3) is 0.517. The summed E-state index contributed by atoms with van der Waals surface area (Å²) >= 11 is 0. The Morgan fingerprint density at radius 3 is 2.41 bits per heavy atom. The average molecular weight is 595 g/mol. The molecule has 0 spiro atoms. The van der Waals surface area contributed by atoms with Crippen LogP contribution < -0.4 is 15.4 Å². The van der Waals surface area contributed by atoms with Crippen molar-refractivity contribution in [3.05, 3.63) is 48.0 Å². The van der Waals surface area contributed by atoms with E-state index in [1.54, 1.807) is 12.1 Å². The highest BCUT2D eigenvalue weighted by Gasteiger charge is 2.35. The number of carbonyl (C=O) groups is 1. The first kappa shape index (κ1) is 29.5. The molecule has 1 aliphatic heterocycles. The lowest BCUT2D eigenvalue weighted by molar-refractivity contribution is -0.274. The van der Waals surface area contributed by atoms with Gasteiger partial charge in [-0.3, -0.25) is 13.9 Å². The number of benzene rings is 2. The van der Waals surface area contributed by atoms with Gasteiger partial charge in [0.15, 0.2) is 0 Å². The monoisotopic (exact) mass is 594 g/mol. The van der Waals surface area contributed by atoms with E-state index < -0.39 is 17.0 Å².